The maximum Gasteiger partial charge on any atom is 0.334 e. The van der Waals surface area contributed by atoms with Crippen LogP contribution in [0.4, 0.5) is 0 Å². The molecule has 1 atom stereocenters. The van der Waals surface area contributed by atoms with Crippen LogP contribution >= 0.6 is 0 Å². The predicted octanol–water partition coefficient (Wildman–Crippen LogP) is 4.98. The first-order valence-electron chi connectivity index (χ1n) is 9.37. The Morgan fingerprint density at radius 2 is 1.56 bits per heavy atom. The lowest BCUT2D eigenvalue weighted by atomic mass is 10.1. The van der Waals surface area contributed by atoms with Crippen LogP contribution in [-0.2, 0) is 27.0 Å². The molecule has 4 nitrogen and oxygen atoms in total. The lowest BCUT2D eigenvalue weighted by molar-refractivity contribution is -0.156. The zero-order valence-corrected chi connectivity index (χ0v) is 17.9. The quantitative estimate of drug-likeness (QED) is 0.450. The van der Waals surface area contributed by atoms with Crippen molar-refractivity contribution in [1.82, 2.24) is 0 Å². The van der Waals surface area contributed by atoms with Crippen LogP contribution in [0, 0.1) is 0 Å². The summed E-state index contributed by atoms with van der Waals surface area (Å²) in [6.45, 7) is 10.4. The second-order valence-electron chi connectivity index (χ2n) is 7.83. The fraction of sp³-hybridized carbons (Fsp3) is 0.409. The van der Waals surface area contributed by atoms with Gasteiger partial charge in [0.15, 0.2) is 8.32 Å². The molecule has 0 N–H and O–H groups in total. The van der Waals surface area contributed by atoms with E-state index < -0.39 is 14.4 Å². The van der Waals surface area contributed by atoms with Gasteiger partial charge >= 0.3 is 5.97 Å². The van der Waals surface area contributed by atoms with Gasteiger partial charge in [-0.3, -0.25) is 0 Å². The van der Waals surface area contributed by atoms with E-state index >= 15 is 0 Å². The first-order chi connectivity index (χ1) is 12.7. The number of benzene rings is 2. The van der Waals surface area contributed by atoms with Gasteiger partial charge in [-0.1, -0.05) is 42.5 Å². The lowest BCUT2D eigenvalue weighted by Gasteiger charge is -2.26. The third-order valence-corrected chi connectivity index (χ3v) is 4.69. The summed E-state index contributed by atoms with van der Waals surface area (Å²) in [6, 6.07) is 17.9. The summed E-state index contributed by atoms with van der Waals surface area (Å²) in [6.07, 6.45) is -0.233. The summed E-state index contributed by atoms with van der Waals surface area (Å²) in [5.74, 6) is 0.506. The molecule has 5 heteroatoms. The van der Waals surface area contributed by atoms with E-state index in [-0.39, 0.29) is 12.1 Å². The molecule has 0 saturated carbocycles. The van der Waals surface area contributed by atoms with Crippen molar-refractivity contribution in [1.29, 1.82) is 0 Å². The monoisotopic (exact) mass is 386 g/mol. The Kier molecular flexibility index (Phi) is 7.62. The zero-order valence-electron chi connectivity index (χ0n) is 16.9. The Balaban J connectivity index is 1.99. The summed E-state index contributed by atoms with van der Waals surface area (Å²) in [5, 5.41) is 0. The number of esters is 1. The van der Waals surface area contributed by atoms with E-state index in [2.05, 4.69) is 19.6 Å². The SMILES string of the molecule is CC(C)OC(=O)C(Cc1ccc(OCc2ccccc2)cc1)O[Si](C)(C)C. The Bertz CT molecular complexity index is 705. The smallest absolute Gasteiger partial charge is 0.334 e. The Morgan fingerprint density at radius 1 is 0.926 bits per heavy atom. The topological polar surface area (TPSA) is 44.8 Å². The van der Waals surface area contributed by atoms with E-state index in [1.165, 1.54) is 0 Å². The van der Waals surface area contributed by atoms with Crippen molar-refractivity contribution >= 4 is 14.3 Å². The first-order valence-corrected chi connectivity index (χ1v) is 12.8. The van der Waals surface area contributed by atoms with Crippen molar-refractivity contribution in [3.8, 4) is 5.75 Å². The molecule has 0 aromatic heterocycles. The minimum absolute atomic E-state index is 0.154. The van der Waals surface area contributed by atoms with Crippen LogP contribution in [0.25, 0.3) is 0 Å². The normalized spacial score (nSPS) is 12.7. The van der Waals surface area contributed by atoms with Crippen LogP contribution in [0.3, 0.4) is 0 Å². The van der Waals surface area contributed by atoms with Gasteiger partial charge in [-0.25, -0.2) is 4.79 Å². The van der Waals surface area contributed by atoms with E-state index in [1.54, 1.807) is 0 Å². The summed E-state index contributed by atoms with van der Waals surface area (Å²) < 4.78 is 17.3. The van der Waals surface area contributed by atoms with Crippen molar-refractivity contribution in [3.63, 3.8) is 0 Å². The molecule has 0 aliphatic heterocycles. The molecule has 0 radical (unpaired) electrons. The lowest BCUT2D eigenvalue weighted by Crippen LogP contribution is -2.39. The minimum Gasteiger partial charge on any atom is -0.489 e. The third-order valence-electron chi connectivity index (χ3n) is 3.70. The van der Waals surface area contributed by atoms with Crippen LogP contribution in [0.15, 0.2) is 54.6 Å². The standard InChI is InChI=1S/C22H30O4Si/c1-17(2)25-22(23)21(26-27(3,4)5)15-18-11-13-20(14-12-18)24-16-19-9-7-6-8-10-19/h6-14,17,21H,15-16H2,1-5H3. The predicted molar refractivity (Wildman–Crippen MR) is 110 cm³/mol. The summed E-state index contributed by atoms with van der Waals surface area (Å²) in [7, 11) is -1.87. The second-order valence-corrected chi connectivity index (χ2v) is 12.3. The summed E-state index contributed by atoms with van der Waals surface area (Å²) in [4.78, 5) is 12.4. The summed E-state index contributed by atoms with van der Waals surface area (Å²) >= 11 is 0. The molecule has 0 fully saturated rings. The summed E-state index contributed by atoms with van der Waals surface area (Å²) in [5.41, 5.74) is 2.15. The van der Waals surface area contributed by atoms with E-state index in [1.807, 2.05) is 68.4 Å². The Morgan fingerprint density at radius 3 is 2.11 bits per heavy atom. The maximum absolute atomic E-state index is 12.4. The van der Waals surface area contributed by atoms with Crippen molar-refractivity contribution < 1.29 is 18.7 Å². The largest absolute Gasteiger partial charge is 0.489 e. The van der Waals surface area contributed by atoms with Crippen LogP contribution in [0.5, 0.6) is 5.75 Å². The molecule has 146 valence electrons. The molecule has 2 aromatic carbocycles. The van der Waals surface area contributed by atoms with Crippen molar-refractivity contribution in [3.05, 3.63) is 65.7 Å². The van der Waals surface area contributed by atoms with Crippen LogP contribution in [0.2, 0.25) is 19.6 Å². The fourth-order valence-corrected chi connectivity index (χ4v) is 3.62. The van der Waals surface area contributed by atoms with Gasteiger partial charge in [-0.2, -0.15) is 0 Å². The van der Waals surface area contributed by atoms with E-state index in [4.69, 9.17) is 13.9 Å². The number of hydrogen-bond donors (Lipinski definition) is 0. The minimum atomic E-state index is -1.87. The first kappa shape index (κ1) is 21.2. The van der Waals surface area contributed by atoms with Crippen molar-refractivity contribution in [2.45, 2.75) is 58.7 Å². The van der Waals surface area contributed by atoms with Gasteiger partial charge in [-0.05, 0) is 56.7 Å². The molecule has 27 heavy (non-hydrogen) atoms. The maximum atomic E-state index is 12.4. The van der Waals surface area contributed by atoms with Gasteiger partial charge in [-0.15, -0.1) is 0 Å². The van der Waals surface area contributed by atoms with E-state index in [0.717, 1.165) is 16.9 Å². The third kappa shape index (κ3) is 7.97. The molecule has 0 saturated heterocycles. The van der Waals surface area contributed by atoms with Gasteiger partial charge < -0.3 is 13.9 Å². The second kappa shape index (κ2) is 9.72. The molecule has 0 amide bonds. The number of carbonyl (C=O) groups excluding carboxylic acids is 1. The highest BCUT2D eigenvalue weighted by atomic mass is 28.4. The highest BCUT2D eigenvalue weighted by molar-refractivity contribution is 6.69. The Labute approximate surface area is 163 Å². The molecule has 0 heterocycles. The number of hydrogen-bond acceptors (Lipinski definition) is 4. The highest BCUT2D eigenvalue weighted by Crippen LogP contribution is 2.18. The van der Waals surface area contributed by atoms with Crippen LogP contribution in [-0.4, -0.2) is 26.5 Å². The Hall–Kier alpha value is -2.11. The number of rotatable bonds is 9. The van der Waals surface area contributed by atoms with Crippen LogP contribution in [0.1, 0.15) is 25.0 Å². The average molecular weight is 387 g/mol. The van der Waals surface area contributed by atoms with Crippen molar-refractivity contribution in [2.75, 3.05) is 0 Å². The zero-order chi connectivity index (χ0) is 19.9. The number of carbonyl (C=O) groups is 1. The molecule has 0 bridgehead atoms. The van der Waals surface area contributed by atoms with Gasteiger partial charge in [0.25, 0.3) is 0 Å². The highest BCUT2D eigenvalue weighted by Gasteiger charge is 2.28. The van der Waals surface area contributed by atoms with Crippen molar-refractivity contribution in [2.24, 2.45) is 0 Å². The van der Waals surface area contributed by atoms with Crippen LogP contribution < -0.4 is 4.74 Å². The fourth-order valence-electron chi connectivity index (χ4n) is 2.58. The molecular formula is C22H30O4Si. The van der Waals surface area contributed by atoms with Gasteiger partial charge in [0, 0.05) is 6.42 Å². The van der Waals surface area contributed by atoms with Gasteiger partial charge in [0.05, 0.1) is 6.10 Å². The molecule has 0 spiro atoms. The molecule has 1 unspecified atom stereocenters. The van der Waals surface area contributed by atoms with Gasteiger partial charge in [0.2, 0.25) is 0 Å². The molecule has 2 aromatic rings. The average Bonchev–Trinajstić information content (AvgIpc) is 2.60. The molecular weight excluding hydrogens is 356 g/mol. The van der Waals surface area contributed by atoms with E-state index in [0.29, 0.717) is 13.0 Å². The van der Waals surface area contributed by atoms with Gasteiger partial charge in [0.1, 0.15) is 18.5 Å². The molecule has 2 rings (SSSR count). The molecule has 0 aliphatic rings. The van der Waals surface area contributed by atoms with E-state index in [9.17, 15) is 4.79 Å². The molecule has 0 aliphatic carbocycles. The number of ether oxygens (including phenoxy) is 2.